The quantitative estimate of drug-likeness (QED) is 0.258. The van der Waals surface area contributed by atoms with Crippen LogP contribution in [0.1, 0.15) is 45.6 Å². The van der Waals surface area contributed by atoms with E-state index in [0.29, 0.717) is 13.0 Å². The number of epoxide rings is 2. The van der Waals surface area contributed by atoms with E-state index < -0.39 is 0 Å². The Morgan fingerprint density at radius 2 is 1.94 bits per heavy atom. The monoisotopic (exact) mass is 442 g/mol. The second kappa shape index (κ2) is 9.00. The molecule has 1 aromatic carbocycles. The first-order chi connectivity index (χ1) is 15.3. The maximum Gasteiger partial charge on any atom is 0.331 e. The van der Waals surface area contributed by atoms with Gasteiger partial charge in [0.2, 0.25) is 0 Å². The minimum absolute atomic E-state index is 0.0210. The Bertz CT molecular complexity index is 880. The molecule has 1 aromatic rings. The maximum atomic E-state index is 12.6. The SMILES string of the molecule is COc1ccc(/C=C/C(=O)O[C@@H]2CC[C@]3(CO3)[C@@H]([C@]3(C)O[C@H]3CC=C(C)C)[C@@H]2OC)cc1. The third kappa shape index (κ3) is 4.63. The lowest BCUT2D eigenvalue weighted by molar-refractivity contribution is -0.166. The molecule has 6 atom stereocenters. The summed E-state index contributed by atoms with van der Waals surface area (Å²) in [6.07, 6.45) is 7.37. The number of methoxy groups -OCH3 is 2. The van der Waals surface area contributed by atoms with Crippen molar-refractivity contribution in [2.75, 3.05) is 20.8 Å². The van der Waals surface area contributed by atoms with Crippen LogP contribution in [0.4, 0.5) is 0 Å². The first-order valence-corrected chi connectivity index (χ1v) is 11.3. The van der Waals surface area contributed by atoms with Gasteiger partial charge < -0.3 is 23.7 Å². The molecule has 2 aliphatic heterocycles. The predicted molar refractivity (Wildman–Crippen MR) is 121 cm³/mol. The average Bonchev–Trinajstić information content (AvgIpc) is 3.69. The van der Waals surface area contributed by atoms with Crippen molar-refractivity contribution in [2.24, 2.45) is 5.92 Å². The fourth-order valence-electron chi connectivity index (χ4n) is 5.14. The summed E-state index contributed by atoms with van der Waals surface area (Å²) >= 11 is 0. The summed E-state index contributed by atoms with van der Waals surface area (Å²) in [5.41, 5.74) is 1.62. The predicted octanol–water partition coefficient (Wildman–Crippen LogP) is 4.33. The van der Waals surface area contributed by atoms with Crippen molar-refractivity contribution in [2.45, 2.75) is 69.5 Å². The van der Waals surface area contributed by atoms with Crippen LogP contribution in [0.5, 0.6) is 5.75 Å². The van der Waals surface area contributed by atoms with Gasteiger partial charge in [-0.25, -0.2) is 4.79 Å². The summed E-state index contributed by atoms with van der Waals surface area (Å²) in [6.45, 7) is 7.05. The van der Waals surface area contributed by atoms with Gasteiger partial charge in [-0.3, -0.25) is 0 Å². The fraction of sp³-hybridized carbons (Fsp3) is 0.577. The minimum atomic E-state index is -0.373. The highest BCUT2D eigenvalue weighted by molar-refractivity contribution is 5.87. The molecular weight excluding hydrogens is 408 g/mol. The van der Waals surface area contributed by atoms with Crippen LogP contribution in [-0.2, 0) is 23.7 Å². The molecule has 32 heavy (non-hydrogen) atoms. The van der Waals surface area contributed by atoms with E-state index in [9.17, 15) is 4.79 Å². The summed E-state index contributed by atoms with van der Waals surface area (Å²) in [4.78, 5) is 12.6. The van der Waals surface area contributed by atoms with Crippen LogP contribution >= 0.6 is 0 Å². The Balaban J connectivity index is 1.43. The molecule has 0 unspecified atom stereocenters. The van der Waals surface area contributed by atoms with Crippen LogP contribution in [0.25, 0.3) is 6.08 Å². The summed E-state index contributed by atoms with van der Waals surface area (Å²) in [5.74, 6) is 0.422. The van der Waals surface area contributed by atoms with Crippen molar-refractivity contribution in [3.63, 3.8) is 0 Å². The summed E-state index contributed by atoms with van der Waals surface area (Å²) in [7, 11) is 3.31. The van der Waals surface area contributed by atoms with E-state index in [4.69, 9.17) is 23.7 Å². The van der Waals surface area contributed by atoms with Crippen molar-refractivity contribution < 1.29 is 28.5 Å². The highest BCUT2D eigenvalue weighted by Crippen LogP contribution is 2.59. The smallest absolute Gasteiger partial charge is 0.331 e. The Labute approximate surface area is 190 Å². The minimum Gasteiger partial charge on any atom is -0.497 e. The molecule has 6 heteroatoms. The molecule has 0 radical (unpaired) electrons. The highest BCUT2D eigenvalue weighted by Gasteiger charge is 2.72. The molecule has 0 aromatic heterocycles. The van der Waals surface area contributed by atoms with Gasteiger partial charge in [0.25, 0.3) is 0 Å². The second-order valence-corrected chi connectivity index (χ2v) is 9.46. The van der Waals surface area contributed by atoms with E-state index in [1.807, 2.05) is 24.3 Å². The lowest BCUT2D eigenvalue weighted by atomic mass is 9.68. The average molecular weight is 443 g/mol. The van der Waals surface area contributed by atoms with Gasteiger partial charge in [0.1, 0.15) is 29.2 Å². The van der Waals surface area contributed by atoms with Crippen LogP contribution in [0, 0.1) is 5.92 Å². The fourth-order valence-corrected chi connectivity index (χ4v) is 5.14. The van der Waals surface area contributed by atoms with E-state index >= 15 is 0 Å². The van der Waals surface area contributed by atoms with Gasteiger partial charge in [-0.2, -0.15) is 0 Å². The lowest BCUT2D eigenvalue weighted by Crippen LogP contribution is -2.55. The number of allylic oxidation sites excluding steroid dienone is 1. The van der Waals surface area contributed by atoms with Gasteiger partial charge in [-0.15, -0.1) is 0 Å². The zero-order valence-corrected chi connectivity index (χ0v) is 19.6. The molecule has 1 aliphatic carbocycles. The second-order valence-electron chi connectivity index (χ2n) is 9.46. The van der Waals surface area contributed by atoms with Crippen LogP contribution in [0.15, 0.2) is 42.0 Å². The van der Waals surface area contributed by atoms with E-state index in [1.165, 1.54) is 11.6 Å². The first-order valence-electron chi connectivity index (χ1n) is 11.3. The van der Waals surface area contributed by atoms with Gasteiger partial charge in [0.05, 0.1) is 25.7 Å². The normalized spacial score (nSPS) is 35.5. The molecule has 3 fully saturated rings. The van der Waals surface area contributed by atoms with E-state index in [1.54, 1.807) is 20.3 Å². The molecule has 2 saturated heterocycles. The Morgan fingerprint density at radius 1 is 1.22 bits per heavy atom. The summed E-state index contributed by atoms with van der Waals surface area (Å²) in [5, 5.41) is 0. The zero-order chi connectivity index (χ0) is 22.9. The van der Waals surface area contributed by atoms with Crippen molar-refractivity contribution in [1.82, 2.24) is 0 Å². The maximum absolute atomic E-state index is 12.6. The number of hydrogen-bond acceptors (Lipinski definition) is 6. The zero-order valence-electron chi connectivity index (χ0n) is 19.6. The topological polar surface area (TPSA) is 69.8 Å². The highest BCUT2D eigenvalue weighted by atomic mass is 16.6. The molecule has 4 rings (SSSR count). The van der Waals surface area contributed by atoms with Crippen molar-refractivity contribution in [3.8, 4) is 5.75 Å². The number of hydrogen-bond donors (Lipinski definition) is 0. The van der Waals surface area contributed by atoms with E-state index in [0.717, 1.165) is 24.2 Å². The number of carbonyl (C=O) groups excluding carboxylic acids is 1. The first kappa shape index (κ1) is 23.0. The summed E-state index contributed by atoms with van der Waals surface area (Å²) < 4.78 is 29.1. The van der Waals surface area contributed by atoms with E-state index in [2.05, 4.69) is 26.8 Å². The number of esters is 1. The molecule has 0 bridgehead atoms. The van der Waals surface area contributed by atoms with Crippen LogP contribution in [0.2, 0.25) is 0 Å². The molecule has 174 valence electrons. The Hall–Kier alpha value is -2.15. The van der Waals surface area contributed by atoms with Crippen molar-refractivity contribution in [1.29, 1.82) is 0 Å². The van der Waals surface area contributed by atoms with E-state index in [-0.39, 0.29) is 41.4 Å². The number of rotatable bonds is 8. The number of benzene rings is 1. The number of carbonyl (C=O) groups is 1. The molecule has 6 nitrogen and oxygen atoms in total. The molecule has 1 saturated carbocycles. The largest absolute Gasteiger partial charge is 0.497 e. The van der Waals surface area contributed by atoms with Crippen molar-refractivity contribution >= 4 is 12.0 Å². The van der Waals surface area contributed by atoms with Gasteiger partial charge in [-0.1, -0.05) is 23.8 Å². The van der Waals surface area contributed by atoms with Crippen molar-refractivity contribution in [3.05, 3.63) is 47.6 Å². The molecule has 2 heterocycles. The van der Waals surface area contributed by atoms with Gasteiger partial charge in [0, 0.05) is 13.2 Å². The molecule has 0 N–H and O–H groups in total. The number of ether oxygens (including phenoxy) is 5. The van der Waals surface area contributed by atoms with Crippen LogP contribution in [-0.4, -0.2) is 56.3 Å². The standard InChI is InChI=1S/C26H34O6/c1-17(2)6-12-21-25(3,32-21)24-23(29-5)20(14-15-26(24)16-30-26)31-22(27)13-9-18-7-10-19(28-4)11-8-18/h6-11,13,20-21,23-24H,12,14-16H2,1-5H3/b13-9+/t20-,21+,23-,24-,25-,26+/m1/s1. The van der Waals surface area contributed by atoms with Gasteiger partial charge in [0.15, 0.2) is 0 Å². The third-order valence-corrected chi connectivity index (χ3v) is 7.03. The third-order valence-electron chi connectivity index (χ3n) is 7.03. The summed E-state index contributed by atoms with van der Waals surface area (Å²) in [6, 6.07) is 7.50. The van der Waals surface area contributed by atoms with Gasteiger partial charge in [-0.05, 0) is 63.8 Å². The molecular formula is C26H34O6. The Morgan fingerprint density at radius 3 is 2.53 bits per heavy atom. The Kier molecular flexibility index (Phi) is 6.48. The van der Waals surface area contributed by atoms with Gasteiger partial charge >= 0.3 is 5.97 Å². The molecule has 3 aliphatic rings. The molecule has 1 spiro atoms. The van der Waals surface area contributed by atoms with Crippen LogP contribution in [0.3, 0.4) is 0 Å². The molecule has 0 amide bonds. The van der Waals surface area contributed by atoms with Crippen LogP contribution < -0.4 is 4.74 Å². The lowest BCUT2D eigenvalue weighted by Gasteiger charge is -2.42.